The second-order valence-electron chi connectivity index (χ2n) is 6.90. The molecule has 0 fully saturated rings. The number of benzene rings is 2. The van der Waals surface area contributed by atoms with Gasteiger partial charge in [0.05, 0.1) is 27.4 Å². The van der Waals surface area contributed by atoms with Crippen LogP contribution in [0.15, 0.2) is 60.8 Å². The van der Waals surface area contributed by atoms with Crippen molar-refractivity contribution in [1.82, 2.24) is 14.8 Å². The lowest BCUT2D eigenvalue weighted by molar-refractivity contribution is 0.0988. The zero-order valence-electron chi connectivity index (χ0n) is 16.6. The number of fused-ring (bicyclic) bond motifs is 1. The molecule has 0 N–H and O–H groups in total. The van der Waals surface area contributed by atoms with Crippen LogP contribution in [0.3, 0.4) is 0 Å². The van der Waals surface area contributed by atoms with Crippen LogP contribution < -0.4 is 4.90 Å². The average molecular weight is 405 g/mol. The van der Waals surface area contributed by atoms with Crippen molar-refractivity contribution in [2.24, 2.45) is 0 Å². The minimum absolute atomic E-state index is 0.180. The summed E-state index contributed by atoms with van der Waals surface area (Å²) in [5.74, 6) is -0.180. The van der Waals surface area contributed by atoms with E-state index in [9.17, 15) is 4.79 Å². The Morgan fingerprint density at radius 1 is 1.07 bits per heavy atom. The smallest absolute Gasteiger partial charge is 0.261 e. The number of pyridine rings is 1. The van der Waals surface area contributed by atoms with Crippen molar-refractivity contribution in [3.8, 4) is 5.69 Å². The summed E-state index contributed by atoms with van der Waals surface area (Å²) in [4.78, 5) is 19.5. The first-order chi connectivity index (χ1) is 14.0. The standard InChI is InChI=1S/C23H21ClN4O/c1-4-27(17-8-6-5-7-9-17)23(29)19-14-25-22-20(21(19)24)16(3)26-28(22)18-12-10-15(2)11-13-18/h5-14H,4H2,1-3H3. The predicted octanol–water partition coefficient (Wildman–Crippen LogP) is 5.36. The van der Waals surface area contributed by atoms with Crippen LogP contribution in [0.25, 0.3) is 16.7 Å². The number of carbonyl (C=O) groups is 1. The first kappa shape index (κ1) is 19.2. The maximum Gasteiger partial charge on any atom is 0.261 e. The fraction of sp³-hybridized carbons (Fsp3) is 0.174. The maximum atomic E-state index is 13.2. The van der Waals surface area contributed by atoms with E-state index >= 15 is 0 Å². The van der Waals surface area contributed by atoms with Gasteiger partial charge in [-0.15, -0.1) is 0 Å². The van der Waals surface area contributed by atoms with Gasteiger partial charge in [-0.3, -0.25) is 4.79 Å². The van der Waals surface area contributed by atoms with E-state index in [2.05, 4.69) is 10.1 Å². The van der Waals surface area contributed by atoms with Gasteiger partial charge in [0, 0.05) is 18.4 Å². The van der Waals surface area contributed by atoms with Crippen LogP contribution in [0, 0.1) is 13.8 Å². The number of amides is 1. The van der Waals surface area contributed by atoms with E-state index in [-0.39, 0.29) is 5.91 Å². The quantitative estimate of drug-likeness (QED) is 0.460. The lowest BCUT2D eigenvalue weighted by atomic mass is 10.1. The molecule has 0 saturated heterocycles. The molecule has 0 aliphatic carbocycles. The lowest BCUT2D eigenvalue weighted by Gasteiger charge is -2.21. The molecule has 0 radical (unpaired) electrons. The molecule has 6 heteroatoms. The van der Waals surface area contributed by atoms with Gasteiger partial charge < -0.3 is 4.90 Å². The first-order valence-electron chi connectivity index (χ1n) is 9.49. The Balaban J connectivity index is 1.81. The van der Waals surface area contributed by atoms with E-state index in [1.54, 1.807) is 15.8 Å². The summed E-state index contributed by atoms with van der Waals surface area (Å²) < 4.78 is 1.76. The monoisotopic (exact) mass is 404 g/mol. The van der Waals surface area contributed by atoms with E-state index in [4.69, 9.17) is 11.6 Å². The highest BCUT2D eigenvalue weighted by Gasteiger charge is 2.23. The number of carbonyl (C=O) groups excluding carboxylic acids is 1. The molecule has 0 spiro atoms. The molecule has 146 valence electrons. The van der Waals surface area contributed by atoms with Crippen molar-refractivity contribution < 1.29 is 4.79 Å². The number of hydrogen-bond donors (Lipinski definition) is 0. The average Bonchev–Trinajstić information content (AvgIpc) is 3.07. The molecule has 0 bridgehead atoms. The second-order valence-corrected chi connectivity index (χ2v) is 7.28. The topological polar surface area (TPSA) is 51.0 Å². The Hall–Kier alpha value is -3.18. The Morgan fingerprint density at radius 3 is 2.41 bits per heavy atom. The van der Waals surface area contributed by atoms with Crippen molar-refractivity contribution in [2.75, 3.05) is 11.4 Å². The molecular formula is C23H21ClN4O. The minimum atomic E-state index is -0.180. The Bertz CT molecular complexity index is 1180. The van der Waals surface area contributed by atoms with Crippen molar-refractivity contribution in [3.63, 3.8) is 0 Å². The van der Waals surface area contributed by atoms with Crippen LogP contribution >= 0.6 is 11.6 Å². The van der Waals surface area contributed by atoms with Gasteiger partial charge >= 0.3 is 0 Å². The molecule has 1 amide bonds. The van der Waals surface area contributed by atoms with Gasteiger partial charge in [-0.25, -0.2) is 9.67 Å². The van der Waals surface area contributed by atoms with E-state index in [0.717, 1.165) is 17.1 Å². The molecule has 4 aromatic rings. The van der Waals surface area contributed by atoms with Gasteiger partial charge in [-0.2, -0.15) is 5.10 Å². The van der Waals surface area contributed by atoms with Crippen LogP contribution in [-0.4, -0.2) is 27.2 Å². The minimum Gasteiger partial charge on any atom is -0.309 e. The molecule has 0 saturated carbocycles. The molecule has 29 heavy (non-hydrogen) atoms. The predicted molar refractivity (Wildman–Crippen MR) is 117 cm³/mol. The largest absolute Gasteiger partial charge is 0.309 e. The van der Waals surface area contributed by atoms with Crippen molar-refractivity contribution in [3.05, 3.63) is 82.6 Å². The van der Waals surface area contributed by atoms with E-state index in [1.165, 1.54) is 5.56 Å². The van der Waals surface area contributed by atoms with E-state index < -0.39 is 0 Å². The summed E-state index contributed by atoms with van der Waals surface area (Å²) >= 11 is 6.72. The Labute approximate surface area is 174 Å². The fourth-order valence-corrected chi connectivity index (χ4v) is 3.77. The van der Waals surface area contributed by atoms with Crippen LogP contribution in [-0.2, 0) is 0 Å². The number of aromatic nitrogens is 3. The van der Waals surface area contributed by atoms with Crippen LogP contribution in [0.2, 0.25) is 5.02 Å². The third-order valence-corrected chi connectivity index (χ3v) is 5.34. The van der Waals surface area contributed by atoms with Crippen LogP contribution in [0.4, 0.5) is 5.69 Å². The summed E-state index contributed by atoms with van der Waals surface area (Å²) in [6, 6.07) is 17.6. The third kappa shape index (κ3) is 3.38. The van der Waals surface area contributed by atoms with Gasteiger partial charge in [0.25, 0.3) is 5.91 Å². The number of anilines is 1. The van der Waals surface area contributed by atoms with Gasteiger partial charge in [0.1, 0.15) is 0 Å². The van der Waals surface area contributed by atoms with Crippen molar-refractivity contribution >= 4 is 34.2 Å². The molecular weight excluding hydrogens is 384 g/mol. The number of halogens is 1. The van der Waals surface area contributed by atoms with E-state index in [1.807, 2.05) is 75.4 Å². The number of hydrogen-bond acceptors (Lipinski definition) is 3. The number of rotatable bonds is 4. The number of nitrogens with zero attached hydrogens (tertiary/aromatic N) is 4. The highest BCUT2D eigenvalue weighted by Crippen LogP contribution is 2.31. The van der Waals surface area contributed by atoms with Crippen molar-refractivity contribution in [1.29, 1.82) is 0 Å². The zero-order valence-corrected chi connectivity index (χ0v) is 17.3. The highest BCUT2D eigenvalue weighted by molar-refractivity contribution is 6.39. The Kier molecular flexibility index (Phi) is 5.07. The van der Waals surface area contributed by atoms with Gasteiger partial charge in [-0.05, 0) is 45.0 Å². The van der Waals surface area contributed by atoms with Crippen LogP contribution in [0.1, 0.15) is 28.5 Å². The summed E-state index contributed by atoms with van der Waals surface area (Å²) in [5.41, 5.74) is 4.63. The molecule has 0 atom stereocenters. The summed E-state index contributed by atoms with van der Waals surface area (Å²) in [6.45, 7) is 6.38. The number of para-hydroxylation sites is 1. The molecule has 4 rings (SSSR count). The van der Waals surface area contributed by atoms with Gasteiger partial charge in [-0.1, -0.05) is 47.5 Å². The molecule has 0 aliphatic rings. The second kappa shape index (κ2) is 7.68. The summed E-state index contributed by atoms with van der Waals surface area (Å²) in [5, 5.41) is 5.70. The first-order valence-corrected chi connectivity index (χ1v) is 9.86. The molecule has 5 nitrogen and oxygen atoms in total. The number of aryl methyl sites for hydroxylation is 2. The third-order valence-electron chi connectivity index (χ3n) is 4.95. The summed E-state index contributed by atoms with van der Waals surface area (Å²) in [6.07, 6.45) is 1.55. The SMILES string of the molecule is CCN(C(=O)c1cnc2c(c(C)nn2-c2ccc(C)cc2)c1Cl)c1ccccc1. The maximum absolute atomic E-state index is 13.2. The van der Waals surface area contributed by atoms with Gasteiger partial charge in [0.2, 0.25) is 0 Å². The molecule has 0 unspecified atom stereocenters. The molecule has 0 aliphatic heterocycles. The summed E-state index contributed by atoms with van der Waals surface area (Å²) in [7, 11) is 0. The van der Waals surface area contributed by atoms with Crippen molar-refractivity contribution in [2.45, 2.75) is 20.8 Å². The lowest BCUT2D eigenvalue weighted by Crippen LogP contribution is -2.31. The molecule has 2 aromatic heterocycles. The molecule has 2 aromatic carbocycles. The van der Waals surface area contributed by atoms with E-state index in [0.29, 0.717) is 28.2 Å². The van der Waals surface area contributed by atoms with Crippen LogP contribution in [0.5, 0.6) is 0 Å². The zero-order chi connectivity index (χ0) is 20.5. The molecule has 2 heterocycles. The van der Waals surface area contributed by atoms with Gasteiger partial charge in [0.15, 0.2) is 5.65 Å². The normalized spacial score (nSPS) is 11.0. The highest BCUT2D eigenvalue weighted by atomic mass is 35.5. The Morgan fingerprint density at radius 2 is 1.76 bits per heavy atom. The fourth-order valence-electron chi connectivity index (χ4n) is 3.42.